The van der Waals surface area contributed by atoms with E-state index in [1.807, 2.05) is 11.4 Å². The minimum Gasteiger partial charge on any atom is -0.363 e. The van der Waals surface area contributed by atoms with Gasteiger partial charge in [-0.3, -0.25) is 0 Å². The number of nitrogens with zero attached hydrogens (tertiary/aromatic N) is 2. The maximum Gasteiger partial charge on any atom is 0.276 e. The first-order chi connectivity index (χ1) is 7.62. The van der Waals surface area contributed by atoms with Gasteiger partial charge in [-0.1, -0.05) is 0 Å². The number of fused-ring (bicyclic) bond motifs is 1. The van der Waals surface area contributed by atoms with Crippen LogP contribution in [0.1, 0.15) is 0 Å². The average molecular weight is 244 g/mol. The molecule has 16 heavy (non-hydrogen) atoms. The number of anilines is 1. The molecule has 0 aliphatic carbocycles. The number of halogens is 2. The van der Waals surface area contributed by atoms with E-state index in [9.17, 15) is 8.78 Å². The predicted octanol–water partition coefficient (Wildman–Crippen LogP) is 1.70. The van der Waals surface area contributed by atoms with Gasteiger partial charge in [-0.25, -0.2) is 18.7 Å². The molecular weight excluding hydrogens is 234 g/mol. The molecule has 2 aromatic heterocycles. The fraction of sp³-hybridized carbons (Fsp3) is 0.333. The maximum atomic E-state index is 12.9. The van der Waals surface area contributed by atoms with Gasteiger partial charge in [0.25, 0.3) is 5.92 Å². The van der Waals surface area contributed by atoms with E-state index in [0.717, 1.165) is 10.2 Å². The maximum absolute atomic E-state index is 12.9. The molecule has 0 fully saturated rings. The second kappa shape index (κ2) is 4.26. The molecule has 0 aromatic carbocycles. The molecule has 0 spiro atoms. The Bertz CT molecular complexity index is 485. The van der Waals surface area contributed by atoms with Crippen molar-refractivity contribution >= 4 is 27.4 Å². The van der Waals surface area contributed by atoms with Gasteiger partial charge in [-0.15, -0.1) is 11.3 Å². The fourth-order valence-corrected chi connectivity index (χ4v) is 2.01. The van der Waals surface area contributed by atoms with E-state index in [-0.39, 0.29) is 0 Å². The smallest absolute Gasteiger partial charge is 0.276 e. The molecule has 4 nitrogen and oxygen atoms in total. The van der Waals surface area contributed by atoms with Crippen LogP contribution < -0.4 is 11.1 Å². The second-order valence-corrected chi connectivity index (χ2v) is 4.19. The minimum atomic E-state index is -2.92. The monoisotopic (exact) mass is 244 g/mol. The van der Waals surface area contributed by atoms with Crippen LogP contribution in [0, 0.1) is 0 Å². The summed E-state index contributed by atoms with van der Waals surface area (Å²) in [6.07, 6.45) is 1.35. The van der Waals surface area contributed by atoms with Crippen LogP contribution in [-0.4, -0.2) is 29.0 Å². The summed E-state index contributed by atoms with van der Waals surface area (Å²) in [5, 5.41) is 4.43. The highest BCUT2D eigenvalue weighted by atomic mass is 32.1. The summed E-state index contributed by atoms with van der Waals surface area (Å²) in [7, 11) is 0. The quantitative estimate of drug-likeness (QED) is 0.859. The number of nitrogens with two attached hydrogens (primary N) is 1. The van der Waals surface area contributed by atoms with Crippen molar-refractivity contribution in [3.05, 3.63) is 17.8 Å². The summed E-state index contributed by atoms with van der Waals surface area (Å²) in [5.74, 6) is -2.50. The van der Waals surface area contributed by atoms with E-state index in [1.54, 1.807) is 0 Å². The van der Waals surface area contributed by atoms with Crippen molar-refractivity contribution in [3.63, 3.8) is 0 Å². The molecule has 7 heteroatoms. The number of hydrogen-bond donors (Lipinski definition) is 2. The van der Waals surface area contributed by atoms with Crippen LogP contribution in [-0.2, 0) is 0 Å². The SMILES string of the molecule is NCC(F)(F)CNc1ncnc2ccsc12. The first-order valence-electron chi connectivity index (χ1n) is 4.62. The van der Waals surface area contributed by atoms with E-state index >= 15 is 0 Å². The highest BCUT2D eigenvalue weighted by Crippen LogP contribution is 2.25. The third-order valence-corrected chi connectivity index (χ3v) is 2.97. The molecule has 0 radical (unpaired) electrons. The molecule has 2 aromatic rings. The third-order valence-electron chi connectivity index (χ3n) is 2.06. The zero-order valence-corrected chi connectivity index (χ0v) is 9.10. The van der Waals surface area contributed by atoms with E-state index in [4.69, 9.17) is 5.73 Å². The minimum absolute atomic E-state index is 0.424. The summed E-state index contributed by atoms with van der Waals surface area (Å²) < 4.78 is 26.6. The van der Waals surface area contributed by atoms with Crippen molar-refractivity contribution in [2.45, 2.75) is 5.92 Å². The summed E-state index contributed by atoms with van der Waals surface area (Å²) in [6, 6.07) is 1.81. The van der Waals surface area contributed by atoms with Gasteiger partial charge >= 0.3 is 0 Å². The highest BCUT2D eigenvalue weighted by Gasteiger charge is 2.26. The Labute approximate surface area is 94.5 Å². The largest absolute Gasteiger partial charge is 0.363 e. The standard InChI is InChI=1S/C9H10F2N4S/c10-9(11,3-12)4-13-8-7-6(1-2-16-7)14-5-15-8/h1-2,5H,3-4,12H2,(H,13,14,15). The van der Waals surface area contributed by atoms with Gasteiger partial charge in [0.05, 0.1) is 23.3 Å². The summed E-state index contributed by atoms with van der Waals surface area (Å²) in [6.45, 7) is -1.20. The molecular formula is C9H10F2N4S. The second-order valence-electron chi connectivity index (χ2n) is 3.27. The van der Waals surface area contributed by atoms with Gasteiger partial charge < -0.3 is 11.1 Å². The number of hydrogen-bond acceptors (Lipinski definition) is 5. The van der Waals surface area contributed by atoms with Crippen LogP contribution in [0.25, 0.3) is 10.2 Å². The molecule has 0 bridgehead atoms. The molecule has 0 amide bonds. The van der Waals surface area contributed by atoms with E-state index < -0.39 is 19.0 Å². The van der Waals surface area contributed by atoms with Gasteiger partial charge in [0, 0.05) is 0 Å². The Kier molecular flexibility index (Phi) is 2.97. The normalized spacial score (nSPS) is 11.9. The van der Waals surface area contributed by atoms with E-state index in [2.05, 4.69) is 15.3 Å². The summed E-state index contributed by atoms with van der Waals surface area (Å²) >= 11 is 1.41. The Balaban J connectivity index is 2.18. The topological polar surface area (TPSA) is 63.8 Å². The highest BCUT2D eigenvalue weighted by molar-refractivity contribution is 7.17. The van der Waals surface area contributed by atoms with Crippen LogP contribution in [0.15, 0.2) is 17.8 Å². The van der Waals surface area contributed by atoms with Crippen LogP contribution in [0.5, 0.6) is 0 Å². The van der Waals surface area contributed by atoms with Crippen molar-refractivity contribution in [1.82, 2.24) is 9.97 Å². The van der Waals surface area contributed by atoms with Crippen LogP contribution in [0.4, 0.5) is 14.6 Å². The van der Waals surface area contributed by atoms with Gasteiger partial charge in [0.15, 0.2) is 0 Å². The summed E-state index contributed by atoms with van der Waals surface area (Å²) in [4.78, 5) is 7.94. The van der Waals surface area contributed by atoms with Gasteiger partial charge in [-0.05, 0) is 11.4 Å². The van der Waals surface area contributed by atoms with Crippen LogP contribution >= 0.6 is 11.3 Å². The molecule has 2 heterocycles. The third kappa shape index (κ3) is 2.25. The molecule has 0 aliphatic heterocycles. The number of nitrogens with one attached hydrogen (secondary N) is 1. The molecule has 0 unspecified atom stereocenters. The zero-order chi connectivity index (χ0) is 11.6. The average Bonchev–Trinajstić information content (AvgIpc) is 2.75. The number of thiophene rings is 1. The van der Waals surface area contributed by atoms with Gasteiger partial charge in [0.2, 0.25) is 0 Å². The number of alkyl halides is 2. The van der Waals surface area contributed by atoms with Crippen LogP contribution in [0.3, 0.4) is 0 Å². The lowest BCUT2D eigenvalue weighted by Crippen LogP contribution is -2.35. The van der Waals surface area contributed by atoms with Crippen molar-refractivity contribution < 1.29 is 8.78 Å². The Morgan fingerprint density at radius 3 is 3.00 bits per heavy atom. The first kappa shape index (κ1) is 11.2. The lowest BCUT2D eigenvalue weighted by atomic mass is 10.3. The van der Waals surface area contributed by atoms with E-state index in [0.29, 0.717) is 5.82 Å². The zero-order valence-electron chi connectivity index (χ0n) is 8.28. The molecule has 0 saturated carbocycles. The molecule has 0 atom stereocenters. The molecule has 0 saturated heterocycles. The lowest BCUT2D eigenvalue weighted by molar-refractivity contribution is 0.0253. The predicted molar refractivity (Wildman–Crippen MR) is 59.9 cm³/mol. The molecule has 2 rings (SSSR count). The summed E-state index contributed by atoms with van der Waals surface area (Å²) in [5.41, 5.74) is 5.69. The van der Waals surface area contributed by atoms with Gasteiger partial charge in [0.1, 0.15) is 12.1 Å². The Morgan fingerprint density at radius 2 is 2.25 bits per heavy atom. The van der Waals surface area contributed by atoms with Crippen molar-refractivity contribution in [3.8, 4) is 0 Å². The molecule has 86 valence electrons. The number of aromatic nitrogens is 2. The Hall–Kier alpha value is -1.34. The van der Waals surface area contributed by atoms with Crippen molar-refractivity contribution in [2.24, 2.45) is 5.73 Å². The van der Waals surface area contributed by atoms with Gasteiger partial charge in [-0.2, -0.15) is 0 Å². The lowest BCUT2D eigenvalue weighted by Gasteiger charge is -2.14. The molecule has 3 N–H and O–H groups in total. The van der Waals surface area contributed by atoms with E-state index in [1.165, 1.54) is 17.7 Å². The number of rotatable bonds is 4. The van der Waals surface area contributed by atoms with Crippen molar-refractivity contribution in [1.29, 1.82) is 0 Å². The van der Waals surface area contributed by atoms with Crippen molar-refractivity contribution in [2.75, 3.05) is 18.4 Å². The first-order valence-corrected chi connectivity index (χ1v) is 5.50. The fourth-order valence-electron chi connectivity index (χ4n) is 1.20. The van der Waals surface area contributed by atoms with Crippen LogP contribution in [0.2, 0.25) is 0 Å². The molecule has 0 aliphatic rings. The Morgan fingerprint density at radius 1 is 1.44 bits per heavy atom.